The van der Waals surface area contributed by atoms with E-state index in [1.54, 1.807) is 29.6 Å². The van der Waals surface area contributed by atoms with Crippen LogP contribution in [-0.4, -0.2) is 32.0 Å². The molecule has 100 valence electrons. The summed E-state index contributed by atoms with van der Waals surface area (Å²) in [4.78, 5) is 10.00. The molecule has 20 heavy (non-hydrogen) atoms. The number of rotatable bonds is 4. The second-order valence-electron chi connectivity index (χ2n) is 4.25. The van der Waals surface area contributed by atoms with Gasteiger partial charge in [0.25, 0.3) is 0 Å². The lowest BCUT2D eigenvalue weighted by atomic mass is 10.1. The number of aromatic nitrogens is 5. The second-order valence-corrected chi connectivity index (χ2v) is 4.25. The summed E-state index contributed by atoms with van der Waals surface area (Å²) in [5, 5.41) is 12.0. The molecule has 0 fully saturated rings. The van der Waals surface area contributed by atoms with E-state index in [0.717, 1.165) is 17.1 Å². The molecule has 0 amide bonds. The summed E-state index contributed by atoms with van der Waals surface area (Å²) in [5.41, 5.74) is 2.54. The molecule has 3 rings (SSSR count). The molecule has 1 atom stereocenters. The summed E-state index contributed by atoms with van der Waals surface area (Å²) in [5.74, 6) is 0. The normalized spacial score (nSPS) is 12.2. The van der Waals surface area contributed by atoms with Gasteiger partial charge >= 0.3 is 0 Å². The van der Waals surface area contributed by atoms with Crippen molar-refractivity contribution >= 4 is 0 Å². The van der Waals surface area contributed by atoms with Gasteiger partial charge < -0.3 is 5.32 Å². The molecular formula is C14H14N6. The number of hydrogen-bond donors (Lipinski definition) is 1. The maximum absolute atomic E-state index is 4.50. The SMILES string of the molecule is CNC(c1cnccn1)c1cnn(-c2ccccc2)n1. The summed E-state index contributed by atoms with van der Waals surface area (Å²) in [6, 6.07) is 9.67. The van der Waals surface area contributed by atoms with Crippen LogP contribution in [0.5, 0.6) is 0 Å². The molecule has 6 heteroatoms. The number of para-hydroxylation sites is 1. The summed E-state index contributed by atoms with van der Waals surface area (Å²) >= 11 is 0. The summed E-state index contributed by atoms with van der Waals surface area (Å²) in [6.45, 7) is 0. The standard InChI is InChI=1S/C14H14N6/c1-15-14(12-9-16-7-8-17-12)13-10-18-20(19-13)11-5-3-2-4-6-11/h2-10,14-15H,1H3. The van der Waals surface area contributed by atoms with E-state index in [9.17, 15) is 0 Å². The molecule has 1 N–H and O–H groups in total. The summed E-state index contributed by atoms with van der Waals surface area (Å²) in [6.07, 6.45) is 6.78. The molecule has 2 heterocycles. The highest BCUT2D eigenvalue weighted by Crippen LogP contribution is 2.17. The molecule has 1 unspecified atom stereocenters. The molecule has 0 saturated heterocycles. The average molecular weight is 266 g/mol. The van der Waals surface area contributed by atoms with E-state index in [4.69, 9.17) is 0 Å². The highest BCUT2D eigenvalue weighted by molar-refractivity contribution is 5.29. The highest BCUT2D eigenvalue weighted by Gasteiger charge is 2.17. The largest absolute Gasteiger partial charge is 0.307 e. The van der Waals surface area contributed by atoms with Crippen LogP contribution in [0.2, 0.25) is 0 Å². The van der Waals surface area contributed by atoms with Gasteiger partial charge in [-0.25, -0.2) is 0 Å². The van der Waals surface area contributed by atoms with Crippen LogP contribution in [0.25, 0.3) is 5.69 Å². The van der Waals surface area contributed by atoms with Crippen LogP contribution in [0, 0.1) is 0 Å². The van der Waals surface area contributed by atoms with E-state index in [2.05, 4.69) is 25.5 Å². The molecule has 1 aromatic carbocycles. The van der Waals surface area contributed by atoms with Crippen molar-refractivity contribution in [2.24, 2.45) is 0 Å². The monoisotopic (exact) mass is 266 g/mol. The molecule has 2 aromatic heterocycles. The predicted molar refractivity (Wildman–Crippen MR) is 74.3 cm³/mol. The zero-order valence-corrected chi connectivity index (χ0v) is 11.0. The van der Waals surface area contributed by atoms with E-state index in [1.165, 1.54) is 0 Å². The van der Waals surface area contributed by atoms with E-state index < -0.39 is 0 Å². The zero-order chi connectivity index (χ0) is 13.8. The van der Waals surface area contributed by atoms with Crippen molar-refractivity contribution in [2.75, 3.05) is 7.05 Å². The second kappa shape index (κ2) is 5.58. The Bertz CT molecular complexity index is 664. The first-order chi connectivity index (χ1) is 9.88. The van der Waals surface area contributed by atoms with Gasteiger partial charge in [-0.15, -0.1) is 0 Å². The van der Waals surface area contributed by atoms with Gasteiger partial charge in [0.2, 0.25) is 0 Å². The molecule has 0 aliphatic carbocycles. The minimum Gasteiger partial charge on any atom is -0.307 e. The Morgan fingerprint density at radius 1 is 1.05 bits per heavy atom. The number of hydrogen-bond acceptors (Lipinski definition) is 5. The van der Waals surface area contributed by atoms with Crippen LogP contribution in [0.1, 0.15) is 17.4 Å². The number of nitrogens with zero attached hydrogens (tertiary/aromatic N) is 5. The molecule has 0 saturated carbocycles. The van der Waals surface area contributed by atoms with Gasteiger partial charge in [-0.2, -0.15) is 15.0 Å². The van der Waals surface area contributed by atoms with Gasteiger partial charge in [0, 0.05) is 12.4 Å². The molecule has 0 aliphatic heterocycles. The zero-order valence-electron chi connectivity index (χ0n) is 11.0. The summed E-state index contributed by atoms with van der Waals surface area (Å²) < 4.78 is 0. The van der Waals surface area contributed by atoms with E-state index >= 15 is 0 Å². The number of benzene rings is 1. The lowest BCUT2D eigenvalue weighted by molar-refractivity contribution is 0.631. The van der Waals surface area contributed by atoms with Gasteiger partial charge in [0.15, 0.2) is 0 Å². The maximum Gasteiger partial charge on any atom is 0.106 e. The molecule has 0 radical (unpaired) electrons. The third kappa shape index (κ3) is 2.41. The first kappa shape index (κ1) is 12.4. The molecule has 0 aliphatic rings. The first-order valence-electron chi connectivity index (χ1n) is 6.29. The van der Waals surface area contributed by atoms with Crippen LogP contribution >= 0.6 is 0 Å². The minimum absolute atomic E-state index is 0.124. The van der Waals surface area contributed by atoms with Crippen LogP contribution in [0.4, 0.5) is 0 Å². The number of nitrogens with one attached hydrogen (secondary N) is 1. The van der Waals surface area contributed by atoms with Crippen LogP contribution < -0.4 is 5.32 Å². The highest BCUT2D eigenvalue weighted by atomic mass is 15.5. The van der Waals surface area contributed by atoms with Crippen molar-refractivity contribution in [3.8, 4) is 5.69 Å². The maximum atomic E-state index is 4.50. The topological polar surface area (TPSA) is 68.5 Å². The molecule has 3 aromatic rings. The van der Waals surface area contributed by atoms with Crippen molar-refractivity contribution < 1.29 is 0 Å². The van der Waals surface area contributed by atoms with Crippen LogP contribution in [0.15, 0.2) is 55.1 Å². The fourth-order valence-electron chi connectivity index (χ4n) is 2.00. The molecular weight excluding hydrogens is 252 g/mol. The molecule has 0 spiro atoms. The van der Waals surface area contributed by atoms with Gasteiger partial charge in [0.05, 0.1) is 29.8 Å². The van der Waals surface area contributed by atoms with Gasteiger partial charge in [0.1, 0.15) is 5.69 Å². The summed E-state index contributed by atoms with van der Waals surface area (Å²) in [7, 11) is 1.86. The fraction of sp³-hybridized carbons (Fsp3) is 0.143. The molecule has 0 bridgehead atoms. The van der Waals surface area contributed by atoms with Crippen molar-refractivity contribution in [1.29, 1.82) is 0 Å². The Hall–Kier alpha value is -2.60. The fourth-order valence-corrected chi connectivity index (χ4v) is 2.00. The van der Waals surface area contributed by atoms with Crippen LogP contribution in [-0.2, 0) is 0 Å². The van der Waals surface area contributed by atoms with Crippen molar-refractivity contribution in [3.63, 3.8) is 0 Å². The Balaban J connectivity index is 1.93. The van der Waals surface area contributed by atoms with Crippen molar-refractivity contribution in [1.82, 2.24) is 30.3 Å². The third-order valence-corrected chi connectivity index (χ3v) is 2.96. The van der Waals surface area contributed by atoms with Crippen molar-refractivity contribution in [2.45, 2.75) is 6.04 Å². The third-order valence-electron chi connectivity index (χ3n) is 2.96. The van der Waals surface area contributed by atoms with Gasteiger partial charge in [-0.3, -0.25) is 9.97 Å². The van der Waals surface area contributed by atoms with Gasteiger partial charge in [-0.05, 0) is 19.2 Å². The average Bonchev–Trinajstić information content (AvgIpc) is 3.00. The lowest BCUT2D eigenvalue weighted by Gasteiger charge is -2.11. The Kier molecular flexibility index (Phi) is 3.47. The van der Waals surface area contributed by atoms with Crippen molar-refractivity contribution in [3.05, 3.63) is 66.5 Å². The van der Waals surface area contributed by atoms with E-state index in [-0.39, 0.29) is 6.04 Å². The van der Waals surface area contributed by atoms with E-state index in [1.807, 2.05) is 37.4 Å². The first-order valence-corrected chi connectivity index (χ1v) is 6.29. The Morgan fingerprint density at radius 2 is 1.90 bits per heavy atom. The minimum atomic E-state index is -0.124. The quantitative estimate of drug-likeness (QED) is 0.772. The lowest BCUT2D eigenvalue weighted by Crippen LogP contribution is -2.19. The predicted octanol–water partition coefficient (Wildman–Crippen LogP) is 1.37. The van der Waals surface area contributed by atoms with E-state index in [0.29, 0.717) is 0 Å². The molecule has 6 nitrogen and oxygen atoms in total. The van der Waals surface area contributed by atoms with Gasteiger partial charge in [-0.1, -0.05) is 18.2 Å². The Morgan fingerprint density at radius 3 is 2.60 bits per heavy atom. The van der Waals surface area contributed by atoms with Crippen LogP contribution in [0.3, 0.4) is 0 Å². The smallest absolute Gasteiger partial charge is 0.106 e. The Labute approximate surface area is 116 Å².